The smallest absolute Gasteiger partial charge is 0.319 e. The van der Waals surface area contributed by atoms with Gasteiger partial charge >= 0.3 is 6.55 Å². The Morgan fingerprint density at radius 1 is 1.38 bits per heavy atom. The number of halogens is 2. The fourth-order valence-corrected chi connectivity index (χ4v) is 2.22. The van der Waals surface area contributed by atoms with Gasteiger partial charge in [-0.25, -0.2) is 0 Å². The normalized spacial score (nSPS) is 12.0. The number of nitrogens with zero attached hydrogens (tertiary/aromatic N) is 1. The van der Waals surface area contributed by atoms with Crippen LogP contribution in [0.5, 0.6) is 5.75 Å². The SMILES string of the molecule is BCc1cc(N)c(/C=C(\N)c2ccccc2O)n1C(F)F. The molecule has 0 atom stereocenters. The Bertz CT molecular complexity index is 683. The molecule has 0 saturated heterocycles. The van der Waals surface area contributed by atoms with E-state index in [1.54, 1.807) is 26.0 Å². The molecule has 2 rings (SSSR count). The van der Waals surface area contributed by atoms with Crippen molar-refractivity contribution in [1.82, 2.24) is 4.57 Å². The fraction of sp³-hybridized carbons (Fsp3) is 0.143. The van der Waals surface area contributed by atoms with Crippen LogP contribution < -0.4 is 11.5 Å². The number of nitrogens with two attached hydrogens (primary N) is 2. The lowest BCUT2D eigenvalue weighted by atomic mass is 10.0. The first kappa shape index (κ1) is 15.0. The van der Waals surface area contributed by atoms with E-state index < -0.39 is 6.55 Å². The third-order valence-corrected chi connectivity index (χ3v) is 3.25. The number of phenolic OH excluding ortho intramolecular Hbond substituents is 1. The van der Waals surface area contributed by atoms with Gasteiger partial charge in [-0.2, -0.15) is 8.78 Å². The van der Waals surface area contributed by atoms with Crippen LogP contribution in [0, 0.1) is 0 Å². The predicted molar refractivity (Wildman–Crippen MR) is 82.5 cm³/mol. The summed E-state index contributed by atoms with van der Waals surface area (Å²) in [5.41, 5.74) is 13.0. The maximum absolute atomic E-state index is 13.2. The van der Waals surface area contributed by atoms with Crippen molar-refractivity contribution in [3.63, 3.8) is 0 Å². The van der Waals surface area contributed by atoms with Crippen LogP contribution >= 0.6 is 0 Å². The molecule has 1 aromatic heterocycles. The van der Waals surface area contributed by atoms with E-state index >= 15 is 0 Å². The van der Waals surface area contributed by atoms with Crippen molar-refractivity contribution in [2.75, 3.05) is 5.73 Å². The highest BCUT2D eigenvalue weighted by Gasteiger charge is 2.18. The van der Waals surface area contributed by atoms with Crippen LogP contribution in [0.1, 0.15) is 23.5 Å². The summed E-state index contributed by atoms with van der Waals surface area (Å²) in [7, 11) is 1.77. The lowest BCUT2D eigenvalue weighted by Crippen LogP contribution is -2.07. The number of anilines is 1. The second-order valence-corrected chi connectivity index (χ2v) is 4.59. The molecule has 110 valence electrons. The van der Waals surface area contributed by atoms with Gasteiger partial charge < -0.3 is 16.6 Å². The van der Waals surface area contributed by atoms with E-state index in [0.29, 0.717) is 17.6 Å². The summed E-state index contributed by atoms with van der Waals surface area (Å²) in [6.07, 6.45) is 1.79. The Kier molecular flexibility index (Phi) is 4.21. The summed E-state index contributed by atoms with van der Waals surface area (Å²) in [4.78, 5) is 0. The molecule has 5 N–H and O–H groups in total. The molecule has 0 unspecified atom stereocenters. The molecule has 0 fully saturated rings. The first-order chi connectivity index (χ1) is 9.95. The van der Waals surface area contributed by atoms with E-state index in [1.807, 2.05) is 0 Å². The molecule has 0 aliphatic rings. The van der Waals surface area contributed by atoms with Gasteiger partial charge in [-0.3, -0.25) is 4.57 Å². The summed E-state index contributed by atoms with van der Waals surface area (Å²) < 4.78 is 27.3. The van der Waals surface area contributed by atoms with Crippen LogP contribution in [0.3, 0.4) is 0 Å². The molecule has 0 aliphatic heterocycles. The van der Waals surface area contributed by atoms with Crippen LogP contribution in [0.4, 0.5) is 14.5 Å². The average Bonchev–Trinajstić information content (AvgIpc) is 2.75. The van der Waals surface area contributed by atoms with Gasteiger partial charge in [-0.15, -0.1) is 0 Å². The number of hydrogen-bond acceptors (Lipinski definition) is 3. The standard InChI is InChI=1S/C14H16BF2N3O/c15-7-8-5-11(19)12(20(8)14(16)17)6-10(18)9-3-1-2-4-13(9)21/h1-6,14,21H,7,15,18-19H2/b10-6-. The lowest BCUT2D eigenvalue weighted by Gasteiger charge is -2.11. The zero-order valence-electron chi connectivity index (χ0n) is 11.6. The predicted octanol–water partition coefficient (Wildman–Crippen LogP) is 1.76. The summed E-state index contributed by atoms with van der Waals surface area (Å²) in [5.74, 6) is -0.0179. The minimum Gasteiger partial charge on any atom is -0.507 e. The van der Waals surface area contributed by atoms with Crippen molar-refractivity contribution in [3.05, 3.63) is 47.3 Å². The van der Waals surface area contributed by atoms with E-state index in [-0.39, 0.29) is 22.8 Å². The molecule has 4 nitrogen and oxygen atoms in total. The largest absolute Gasteiger partial charge is 0.507 e. The van der Waals surface area contributed by atoms with Gasteiger partial charge in [0, 0.05) is 17.0 Å². The van der Waals surface area contributed by atoms with Crippen molar-refractivity contribution < 1.29 is 13.9 Å². The highest BCUT2D eigenvalue weighted by molar-refractivity contribution is 6.08. The van der Waals surface area contributed by atoms with Crippen LogP contribution in [0.15, 0.2) is 30.3 Å². The first-order valence-electron chi connectivity index (χ1n) is 6.49. The Morgan fingerprint density at radius 2 is 2.05 bits per heavy atom. The number of benzene rings is 1. The van der Waals surface area contributed by atoms with Gasteiger partial charge in [0.2, 0.25) is 0 Å². The summed E-state index contributed by atoms with van der Waals surface area (Å²) in [5, 5.41) is 9.75. The van der Waals surface area contributed by atoms with Crippen molar-refractivity contribution >= 4 is 25.3 Å². The lowest BCUT2D eigenvalue weighted by molar-refractivity contribution is 0.0679. The third kappa shape index (κ3) is 2.86. The maximum Gasteiger partial charge on any atom is 0.319 e. The second-order valence-electron chi connectivity index (χ2n) is 4.59. The number of alkyl halides is 2. The molecule has 0 bridgehead atoms. The van der Waals surface area contributed by atoms with Crippen LogP contribution in [0.2, 0.25) is 0 Å². The van der Waals surface area contributed by atoms with Gasteiger partial charge in [-0.05, 0) is 30.6 Å². The summed E-state index contributed by atoms with van der Waals surface area (Å²) in [6, 6.07) is 7.94. The Labute approximate surface area is 122 Å². The number of para-hydroxylation sites is 1. The number of aromatic hydroxyl groups is 1. The summed E-state index contributed by atoms with van der Waals surface area (Å²) in [6.45, 7) is -2.71. The molecule has 0 aliphatic carbocycles. The van der Waals surface area contributed by atoms with Gasteiger partial charge in [0.15, 0.2) is 0 Å². The molecule has 1 aromatic carbocycles. The molecule has 0 radical (unpaired) electrons. The molecular formula is C14H16BF2N3O. The molecule has 0 spiro atoms. The number of aromatic nitrogens is 1. The Morgan fingerprint density at radius 3 is 2.62 bits per heavy atom. The topological polar surface area (TPSA) is 77.2 Å². The highest BCUT2D eigenvalue weighted by Crippen LogP contribution is 2.29. The van der Waals surface area contributed by atoms with Crippen molar-refractivity contribution in [2.45, 2.75) is 12.9 Å². The molecule has 0 amide bonds. The monoisotopic (exact) mass is 291 g/mol. The molecule has 0 saturated carbocycles. The maximum atomic E-state index is 13.2. The minimum atomic E-state index is -2.71. The van der Waals surface area contributed by atoms with Gasteiger partial charge in [-0.1, -0.05) is 12.1 Å². The molecular weight excluding hydrogens is 275 g/mol. The third-order valence-electron chi connectivity index (χ3n) is 3.25. The number of rotatable bonds is 4. The van der Waals surface area contributed by atoms with Crippen molar-refractivity contribution in [3.8, 4) is 5.75 Å². The van der Waals surface area contributed by atoms with E-state index in [1.165, 1.54) is 18.2 Å². The second kappa shape index (κ2) is 5.91. The van der Waals surface area contributed by atoms with Crippen molar-refractivity contribution in [2.24, 2.45) is 5.73 Å². The van der Waals surface area contributed by atoms with Crippen LogP contribution in [-0.2, 0) is 6.32 Å². The Balaban J connectivity index is 2.55. The minimum absolute atomic E-state index is 0.0179. The van der Waals surface area contributed by atoms with Crippen LogP contribution in [0.25, 0.3) is 11.8 Å². The molecule has 21 heavy (non-hydrogen) atoms. The quantitative estimate of drug-likeness (QED) is 0.751. The summed E-state index contributed by atoms with van der Waals surface area (Å²) >= 11 is 0. The highest BCUT2D eigenvalue weighted by atomic mass is 19.3. The number of hydrogen-bond donors (Lipinski definition) is 3. The first-order valence-corrected chi connectivity index (χ1v) is 6.49. The number of nitrogen functional groups attached to an aromatic ring is 1. The van der Waals surface area contributed by atoms with Crippen LogP contribution in [-0.4, -0.2) is 17.5 Å². The van der Waals surface area contributed by atoms with E-state index in [0.717, 1.165) is 4.57 Å². The van der Waals surface area contributed by atoms with Crippen molar-refractivity contribution in [1.29, 1.82) is 0 Å². The van der Waals surface area contributed by atoms with E-state index in [4.69, 9.17) is 11.5 Å². The number of phenols is 1. The zero-order chi connectivity index (χ0) is 15.6. The molecule has 1 heterocycles. The average molecular weight is 291 g/mol. The van der Waals surface area contributed by atoms with Gasteiger partial charge in [0.05, 0.1) is 11.4 Å². The van der Waals surface area contributed by atoms with E-state index in [2.05, 4.69) is 0 Å². The van der Waals surface area contributed by atoms with Gasteiger partial charge in [0.1, 0.15) is 13.6 Å². The van der Waals surface area contributed by atoms with Gasteiger partial charge in [0.25, 0.3) is 0 Å². The Hall–Kier alpha value is -2.44. The zero-order valence-corrected chi connectivity index (χ0v) is 11.6. The molecule has 2 aromatic rings. The molecule has 7 heteroatoms. The van der Waals surface area contributed by atoms with E-state index in [9.17, 15) is 13.9 Å². The fourth-order valence-electron chi connectivity index (χ4n) is 2.22.